The molecule has 0 atom stereocenters. The highest BCUT2D eigenvalue weighted by Crippen LogP contribution is 2.32. The minimum Gasteiger partial charge on any atom is -0.306 e. The van der Waals surface area contributed by atoms with Gasteiger partial charge in [0, 0.05) is 21.5 Å². The van der Waals surface area contributed by atoms with Gasteiger partial charge in [-0.25, -0.2) is 9.97 Å². The number of anilines is 1. The van der Waals surface area contributed by atoms with Crippen molar-refractivity contribution < 1.29 is 4.79 Å². The molecule has 0 saturated heterocycles. The van der Waals surface area contributed by atoms with Gasteiger partial charge in [-0.15, -0.1) is 11.3 Å². The Hall–Kier alpha value is -2.01. The normalized spacial score (nSPS) is 15.3. The van der Waals surface area contributed by atoms with Gasteiger partial charge in [-0.3, -0.25) is 4.79 Å². The molecule has 21 heavy (non-hydrogen) atoms. The van der Waals surface area contributed by atoms with Crippen molar-refractivity contribution in [3.05, 3.63) is 39.5 Å². The van der Waals surface area contributed by atoms with E-state index in [4.69, 9.17) is 0 Å². The highest BCUT2D eigenvalue weighted by molar-refractivity contribution is 7.13. The van der Waals surface area contributed by atoms with Crippen LogP contribution in [0.5, 0.6) is 0 Å². The number of amides is 1. The molecule has 5 heteroatoms. The minimum atomic E-state index is -0.103. The summed E-state index contributed by atoms with van der Waals surface area (Å²) in [6.45, 7) is 4.01. The van der Waals surface area contributed by atoms with Crippen molar-refractivity contribution in [2.45, 2.75) is 33.1 Å². The van der Waals surface area contributed by atoms with Gasteiger partial charge in [0.05, 0.1) is 5.57 Å². The number of fused-ring (bicyclic) bond motifs is 1. The zero-order valence-electron chi connectivity index (χ0n) is 12.1. The third-order valence-corrected chi connectivity index (χ3v) is 4.51. The molecule has 0 unspecified atom stereocenters. The Morgan fingerprint density at radius 1 is 1.38 bits per heavy atom. The fraction of sp³-hybridized carbons (Fsp3) is 0.312. The average molecular weight is 299 g/mol. The Bertz CT molecular complexity index is 718. The number of nitrogens with zero attached hydrogens (tertiary/aromatic N) is 2. The van der Waals surface area contributed by atoms with Crippen LogP contribution in [-0.4, -0.2) is 15.9 Å². The van der Waals surface area contributed by atoms with E-state index in [0.29, 0.717) is 17.2 Å². The standard InChI is InChI=1S/C16H17N3OS/c1-3-4-5-11-6-7-12(21-11)8-13-14-9-17-10(2)18-15(14)19-16(13)20/h6-9H,3-5H2,1-2H3,(H,17,18,19,20). The largest absolute Gasteiger partial charge is 0.306 e. The van der Waals surface area contributed by atoms with E-state index in [1.54, 1.807) is 17.5 Å². The summed E-state index contributed by atoms with van der Waals surface area (Å²) in [6, 6.07) is 4.22. The SMILES string of the molecule is CCCCc1ccc(C=C2C(=O)Nc3nc(C)ncc32)s1. The van der Waals surface area contributed by atoms with Crippen molar-refractivity contribution in [1.29, 1.82) is 0 Å². The van der Waals surface area contributed by atoms with Gasteiger partial charge >= 0.3 is 0 Å². The molecule has 0 radical (unpaired) electrons. The monoisotopic (exact) mass is 299 g/mol. The van der Waals surface area contributed by atoms with Crippen LogP contribution in [0.15, 0.2) is 18.3 Å². The molecule has 1 N–H and O–H groups in total. The molecule has 3 rings (SSSR count). The van der Waals surface area contributed by atoms with Crippen molar-refractivity contribution >= 4 is 34.7 Å². The van der Waals surface area contributed by atoms with Crippen molar-refractivity contribution in [3.63, 3.8) is 0 Å². The lowest BCUT2D eigenvalue weighted by Crippen LogP contribution is -2.04. The Labute approximate surface area is 128 Å². The molecule has 4 nitrogen and oxygen atoms in total. The number of rotatable bonds is 4. The van der Waals surface area contributed by atoms with Crippen LogP contribution in [0.4, 0.5) is 5.82 Å². The molecule has 2 aromatic rings. The molecule has 0 aliphatic carbocycles. The van der Waals surface area contributed by atoms with Gasteiger partial charge in [0.1, 0.15) is 11.6 Å². The van der Waals surface area contributed by atoms with E-state index < -0.39 is 0 Å². The van der Waals surface area contributed by atoms with Crippen LogP contribution in [0.2, 0.25) is 0 Å². The number of aryl methyl sites for hydroxylation is 2. The molecule has 108 valence electrons. The van der Waals surface area contributed by atoms with E-state index in [1.807, 2.05) is 13.0 Å². The first-order valence-corrected chi connectivity index (χ1v) is 7.95. The number of carbonyl (C=O) groups excluding carboxylic acids is 1. The van der Waals surface area contributed by atoms with E-state index >= 15 is 0 Å². The number of unbranched alkanes of at least 4 members (excludes halogenated alkanes) is 1. The number of carbonyl (C=O) groups is 1. The molecule has 2 aromatic heterocycles. The first kappa shape index (κ1) is 13.9. The Morgan fingerprint density at radius 3 is 3.05 bits per heavy atom. The highest BCUT2D eigenvalue weighted by Gasteiger charge is 2.26. The molecule has 0 saturated carbocycles. The molecule has 1 aliphatic rings. The first-order chi connectivity index (χ1) is 10.2. The van der Waals surface area contributed by atoms with Crippen LogP contribution in [0, 0.1) is 6.92 Å². The summed E-state index contributed by atoms with van der Waals surface area (Å²) in [4.78, 5) is 23.0. The Balaban J connectivity index is 1.90. The quantitative estimate of drug-likeness (QED) is 0.876. The predicted octanol–water partition coefficient (Wildman–Crippen LogP) is 3.68. The lowest BCUT2D eigenvalue weighted by Gasteiger charge is -1.97. The lowest BCUT2D eigenvalue weighted by atomic mass is 10.1. The Kier molecular flexibility index (Phi) is 3.84. The number of thiophene rings is 1. The van der Waals surface area contributed by atoms with Crippen LogP contribution in [0.1, 0.15) is 40.9 Å². The van der Waals surface area contributed by atoms with Gasteiger partial charge in [-0.1, -0.05) is 13.3 Å². The van der Waals surface area contributed by atoms with Crippen molar-refractivity contribution in [2.75, 3.05) is 5.32 Å². The van der Waals surface area contributed by atoms with Crippen LogP contribution in [-0.2, 0) is 11.2 Å². The van der Waals surface area contributed by atoms with Crippen LogP contribution < -0.4 is 5.32 Å². The van der Waals surface area contributed by atoms with Crippen LogP contribution >= 0.6 is 11.3 Å². The minimum absolute atomic E-state index is 0.103. The molecular formula is C16H17N3OS. The van der Waals surface area contributed by atoms with Crippen molar-refractivity contribution in [3.8, 4) is 0 Å². The predicted molar refractivity (Wildman–Crippen MR) is 86.2 cm³/mol. The summed E-state index contributed by atoms with van der Waals surface area (Å²) in [5.74, 6) is 1.17. The summed E-state index contributed by atoms with van der Waals surface area (Å²) in [5, 5.41) is 2.80. The fourth-order valence-corrected chi connectivity index (χ4v) is 3.30. The maximum Gasteiger partial charge on any atom is 0.257 e. The topological polar surface area (TPSA) is 54.9 Å². The fourth-order valence-electron chi connectivity index (χ4n) is 2.30. The number of hydrogen-bond acceptors (Lipinski definition) is 4. The van der Waals surface area contributed by atoms with Gasteiger partial charge in [0.2, 0.25) is 0 Å². The van der Waals surface area contributed by atoms with Gasteiger partial charge in [0.25, 0.3) is 5.91 Å². The number of nitrogens with one attached hydrogen (secondary N) is 1. The summed E-state index contributed by atoms with van der Waals surface area (Å²) in [6.07, 6.45) is 7.15. The van der Waals surface area contributed by atoms with E-state index in [2.05, 4.69) is 34.3 Å². The maximum atomic E-state index is 12.1. The average Bonchev–Trinajstić information content (AvgIpc) is 3.02. The van der Waals surface area contributed by atoms with Crippen molar-refractivity contribution in [2.24, 2.45) is 0 Å². The van der Waals surface area contributed by atoms with Crippen LogP contribution in [0.3, 0.4) is 0 Å². The van der Waals surface area contributed by atoms with Crippen LogP contribution in [0.25, 0.3) is 11.6 Å². The number of hydrogen-bond donors (Lipinski definition) is 1. The molecule has 1 amide bonds. The summed E-state index contributed by atoms with van der Waals surface area (Å²) < 4.78 is 0. The maximum absolute atomic E-state index is 12.1. The van der Waals surface area contributed by atoms with Crippen molar-refractivity contribution in [1.82, 2.24) is 9.97 Å². The second kappa shape index (κ2) is 5.77. The molecule has 0 bridgehead atoms. The Morgan fingerprint density at radius 2 is 2.24 bits per heavy atom. The molecule has 1 aliphatic heterocycles. The molecule has 0 fully saturated rings. The van der Waals surface area contributed by atoms with E-state index in [9.17, 15) is 4.79 Å². The van der Waals surface area contributed by atoms with E-state index in [0.717, 1.165) is 16.9 Å². The zero-order chi connectivity index (χ0) is 14.8. The zero-order valence-corrected chi connectivity index (χ0v) is 13.0. The highest BCUT2D eigenvalue weighted by atomic mass is 32.1. The van der Waals surface area contributed by atoms with E-state index in [-0.39, 0.29) is 5.91 Å². The number of aromatic nitrogens is 2. The van der Waals surface area contributed by atoms with Gasteiger partial charge in [-0.05, 0) is 38.0 Å². The smallest absolute Gasteiger partial charge is 0.257 e. The van der Waals surface area contributed by atoms with Gasteiger partial charge < -0.3 is 5.32 Å². The molecule has 3 heterocycles. The molecule has 0 aromatic carbocycles. The third-order valence-electron chi connectivity index (χ3n) is 3.42. The molecular weight excluding hydrogens is 282 g/mol. The third kappa shape index (κ3) is 2.88. The van der Waals surface area contributed by atoms with Gasteiger partial charge in [-0.2, -0.15) is 0 Å². The second-order valence-electron chi connectivity index (χ2n) is 5.10. The summed E-state index contributed by atoms with van der Waals surface area (Å²) in [5.41, 5.74) is 1.43. The summed E-state index contributed by atoms with van der Waals surface area (Å²) >= 11 is 1.74. The molecule has 0 spiro atoms. The first-order valence-electron chi connectivity index (χ1n) is 7.13. The van der Waals surface area contributed by atoms with Gasteiger partial charge in [0.15, 0.2) is 0 Å². The lowest BCUT2D eigenvalue weighted by molar-refractivity contribution is -0.110. The second-order valence-corrected chi connectivity index (χ2v) is 6.30. The van der Waals surface area contributed by atoms with E-state index in [1.165, 1.54) is 17.7 Å². The summed E-state index contributed by atoms with van der Waals surface area (Å²) in [7, 11) is 0.